The molecule has 0 aliphatic carbocycles. The van der Waals surface area contributed by atoms with Gasteiger partial charge >= 0.3 is 5.97 Å². The monoisotopic (exact) mass is 423 g/mol. The minimum Gasteiger partial charge on any atom is -0.493 e. The van der Waals surface area contributed by atoms with Crippen molar-refractivity contribution in [2.24, 2.45) is 0 Å². The number of carbonyl (C=O) groups is 2. The maximum Gasteiger partial charge on any atom is 0.305 e. The van der Waals surface area contributed by atoms with Crippen molar-refractivity contribution in [3.63, 3.8) is 0 Å². The zero-order valence-electron chi connectivity index (χ0n) is 16.4. The van der Waals surface area contributed by atoms with Crippen LogP contribution in [0.1, 0.15) is 38.2 Å². The number of ether oxygens (including phenoxy) is 3. The minimum absolute atomic E-state index is 0.0878. The van der Waals surface area contributed by atoms with Crippen LogP contribution in [0.5, 0.6) is 11.5 Å². The molecule has 0 radical (unpaired) electrons. The average Bonchev–Trinajstić information content (AvgIpc) is 2.95. The molecule has 1 aliphatic heterocycles. The van der Waals surface area contributed by atoms with Crippen molar-refractivity contribution >= 4 is 46.3 Å². The van der Waals surface area contributed by atoms with Crippen LogP contribution in [0.15, 0.2) is 23.1 Å². The van der Waals surface area contributed by atoms with Crippen molar-refractivity contribution in [3.8, 4) is 11.5 Å². The summed E-state index contributed by atoms with van der Waals surface area (Å²) in [7, 11) is 3.15. The number of carbonyl (C=O) groups excluding carboxylic acids is 2. The lowest BCUT2D eigenvalue weighted by atomic mass is 10.1. The first kappa shape index (κ1) is 22.2. The molecule has 8 heteroatoms. The van der Waals surface area contributed by atoms with E-state index < -0.39 is 0 Å². The summed E-state index contributed by atoms with van der Waals surface area (Å²) >= 11 is 6.66. The van der Waals surface area contributed by atoms with E-state index in [4.69, 9.17) is 26.4 Å². The lowest BCUT2D eigenvalue weighted by Gasteiger charge is -2.14. The van der Waals surface area contributed by atoms with Gasteiger partial charge in [0.2, 0.25) is 0 Å². The van der Waals surface area contributed by atoms with Gasteiger partial charge in [0.25, 0.3) is 5.91 Å². The van der Waals surface area contributed by atoms with E-state index in [1.165, 1.54) is 11.8 Å². The summed E-state index contributed by atoms with van der Waals surface area (Å²) in [4.78, 5) is 26.2. The highest BCUT2D eigenvalue weighted by molar-refractivity contribution is 8.26. The fourth-order valence-electron chi connectivity index (χ4n) is 2.74. The molecule has 152 valence electrons. The molecule has 1 heterocycles. The third-order valence-electron chi connectivity index (χ3n) is 4.15. The first-order chi connectivity index (χ1) is 13.5. The number of unbranched alkanes of at least 4 members (excludes halogenated alkanes) is 2. The molecule has 1 aromatic rings. The van der Waals surface area contributed by atoms with Crippen LogP contribution in [0, 0.1) is 0 Å². The Labute approximate surface area is 175 Å². The Balaban J connectivity index is 1.92. The standard InChI is InChI=1S/C20H25NO5S2/c1-4-26-18(22)8-6-5-7-11-21-19(23)17(28-20(21)27)13-14-9-10-15(24-2)16(12-14)25-3/h9-10,12-13H,4-8,11H2,1-3H3. The highest BCUT2D eigenvalue weighted by Gasteiger charge is 2.31. The lowest BCUT2D eigenvalue weighted by molar-refractivity contribution is -0.143. The van der Waals surface area contributed by atoms with Crippen LogP contribution in [0.3, 0.4) is 0 Å². The molecule has 1 amide bonds. The van der Waals surface area contributed by atoms with Crippen LogP contribution in [0.4, 0.5) is 0 Å². The maximum atomic E-state index is 12.7. The molecule has 0 spiro atoms. The molecule has 1 aliphatic rings. The number of esters is 1. The molecule has 1 aromatic carbocycles. The molecule has 6 nitrogen and oxygen atoms in total. The Bertz CT molecular complexity index is 763. The molecule has 1 saturated heterocycles. The molecule has 2 rings (SSSR count). The van der Waals surface area contributed by atoms with Gasteiger partial charge in [0, 0.05) is 13.0 Å². The molecule has 0 unspecified atom stereocenters. The smallest absolute Gasteiger partial charge is 0.305 e. The largest absolute Gasteiger partial charge is 0.493 e. The van der Waals surface area contributed by atoms with Crippen LogP contribution in [-0.2, 0) is 14.3 Å². The van der Waals surface area contributed by atoms with Crippen LogP contribution in [0.2, 0.25) is 0 Å². The number of nitrogens with zero attached hydrogens (tertiary/aromatic N) is 1. The number of rotatable bonds is 10. The van der Waals surface area contributed by atoms with Crippen LogP contribution in [0.25, 0.3) is 6.08 Å². The van der Waals surface area contributed by atoms with Gasteiger partial charge in [-0.15, -0.1) is 0 Å². The second-order valence-corrected chi connectivity index (χ2v) is 7.74. The highest BCUT2D eigenvalue weighted by atomic mass is 32.2. The summed E-state index contributed by atoms with van der Waals surface area (Å²) in [6.07, 6.45) is 4.59. The molecule has 1 fully saturated rings. The second kappa shape index (κ2) is 11.1. The SMILES string of the molecule is CCOC(=O)CCCCCN1C(=O)C(=Cc2ccc(OC)c(OC)c2)SC1=S. The van der Waals surface area contributed by atoms with Crippen LogP contribution < -0.4 is 9.47 Å². The van der Waals surface area contributed by atoms with Gasteiger partial charge in [0.05, 0.1) is 25.7 Å². The molecule has 0 bridgehead atoms. The molecule has 0 saturated carbocycles. The summed E-state index contributed by atoms with van der Waals surface area (Å²) in [5.41, 5.74) is 0.840. The number of amides is 1. The average molecular weight is 424 g/mol. The van der Waals surface area contributed by atoms with Crippen LogP contribution >= 0.6 is 24.0 Å². The number of methoxy groups -OCH3 is 2. The van der Waals surface area contributed by atoms with E-state index in [0.29, 0.717) is 40.3 Å². The predicted octanol–water partition coefficient (Wildman–Crippen LogP) is 4.03. The number of thioether (sulfide) groups is 1. The van der Waals surface area contributed by atoms with Gasteiger partial charge in [-0.25, -0.2) is 0 Å². The Morgan fingerprint density at radius 2 is 1.93 bits per heavy atom. The normalized spacial score (nSPS) is 15.2. The molecular weight excluding hydrogens is 398 g/mol. The summed E-state index contributed by atoms with van der Waals surface area (Å²) < 4.78 is 16.0. The fourth-order valence-corrected chi connectivity index (χ4v) is 4.04. The van der Waals surface area contributed by atoms with Crippen molar-refractivity contribution < 1.29 is 23.8 Å². The van der Waals surface area contributed by atoms with Crippen molar-refractivity contribution in [2.45, 2.75) is 32.6 Å². The van der Waals surface area contributed by atoms with E-state index >= 15 is 0 Å². The Morgan fingerprint density at radius 3 is 2.61 bits per heavy atom. The van der Waals surface area contributed by atoms with E-state index in [2.05, 4.69) is 0 Å². The van der Waals surface area contributed by atoms with E-state index in [9.17, 15) is 9.59 Å². The van der Waals surface area contributed by atoms with Gasteiger partial charge in [0.1, 0.15) is 4.32 Å². The first-order valence-electron chi connectivity index (χ1n) is 9.13. The van der Waals surface area contributed by atoms with E-state index in [-0.39, 0.29) is 11.9 Å². The third kappa shape index (κ3) is 5.97. The first-order valence-corrected chi connectivity index (χ1v) is 10.4. The summed E-state index contributed by atoms with van der Waals surface area (Å²) in [6.45, 7) is 2.75. The molecule has 0 atom stereocenters. The van der Waals surface area contributed by atoms with Gasteiger partial charge < -0.3 is 14.2 Å². The van der Waals surface area contributed by atoms with Crippen molar-refractivity contribution in [1.82, 2.24) is 4.90 Å². The topological polar surface area (TPSA) is 65.1 Å². The Kier molecular flexibility index (Phi) is 8.79. The highest BCUT2D eigenvalue weighted by Crippen LogP contribution is 2.34. The van der Waals surface area contributed by atoms with Crippen LogP contribution in [-0.4, -0.2) is 48.5 Å². The number of benzene rings is 1. The Hall–Kier alpha value is -2.06. The molecule has 0 N–H and O–H groups in total. The number of hydrogen-bond acceptors (Lipinski definition) is 7. The summed E-state index contributed by atoms with van der Waals surface area (Å²) in [6, 6.07) is 5.49. The molecular formula is C20H25NO5S2. The zero-order chi connectivity index (χ0) is 20.5. The van der Waals surface area contributed by atoms with Crippen molar-refractivity contribution in [1.29, 1.82) is 0 Å². The third-order valence-corrected chi connectivity index (χ3v) is 5.52. The summed E-state index contributed by atoms with van der Waals surface area (Å²) in [5.74, 6) is 0.976. The molecule has 0 aromatic heterocycles. The fraction of sp³-hybridized carbons (Fsp3) is 0.450. The number of hydrogen-bond donors (Lipinski definition) is 0. The van der Waals surface area contributed by atoms with E-state index in [0.717, 1.165) is 24.8 Å². The quantitative estimate of drug-likeness (QED) is 0.244. The molecule has 28 heavy (non-hydrogen) atoms. The number of thiocarbonyl (C=S) groups is 1. The lowest BCUT2D eigenvalue weighted by Crippen LogP contribution is -2.29. The predicted molar refractivity (Wildman–Crippen MR) is 115 cm³/mol. The zero-order valence-corrected chi connectivity index (χ0v) is 18.0. The minimum atomic E-state index is -0.175. The summed E-state index contributed by atoms with van der Waals surface area (Å²) in [5, 5.41) is 0. The van der Waals surface area contributed by atoms with Gasteiger partial charge in [-0.3, -0.25) is 14.5 Å². The maximum absolute atomic E-state index is 12.7. The second-order valence-electron chi connectivity index (χ2n) is 6.06. The Morgan fingerprint density at radius 1 is 1.18 bits per heavy atom. The van der Waals surface area contributed by atoms with Gasteiger partial charge in [-0.1, -0.05) is 36.5 Å². The van der Waals surface area contributed by atoms with E-state index in [1.807, 2.05) is 18.2 Å². The van der Waals surface area contributed by atoms with Gasteiger partial charge in [0.15, 0.2) is 11.5 Å². The van der Waals surface area contributed by atoms with Gasteiger partial charge in [-0.2, -0.15) is 0 Å². The van der Waals surface area contributed by atoms with Gasteiger partial charge in [-0.05, 0) is 43.5 Å². The van der Waals surface area contributed by atoms with Crippen molar-refractivity contribution in [3.05, 3.63) is 28.7 Å². The van der Waals surface area contributed by atoms with E-state index in [1.54, 1.807) is 32.1 Å². The van der Waals surface area contributed by atoms with Crippen molar-refractivity contribution in [2.75, 3.05) is 27.4 Å².